The third-order valence-corrected chi connectivity index (χ3v) is 32.2. The fourth-order valence-corrected chi connectivity index (χ4v) is 25.5. The first-order valence-corrected chi connectivity index (χ1v) is 52.2. The van der Waals surface area contributed by atoms with Crippen LogP contribution in [0.1, 0.15) is 263 Å². The van der Waals surface area contributed by atoms with Crippen molar-refractivity contribution in [3.8, 4) is 69.0 Å². The zero-order valence-electron chi connectivity index (χ0n) is 88.3. The second-order valence-electron chi connectivity index (χ2n) is 44.2. The van der Waals surface area contributed by atoms with Crippen LogP contribution in [-0.4, -0.2) is 261 Å². The number of hydrogen-bond acceptors (Lipinski definition) is 24. The van der Waals surface area contributed by atoms with Gasteiger partial charge in [0.1, 0.15) is 0 Å². The smallest absolute Gasteiger partial charge is 0.161 e. The second-order valence-corrected chi connectivity index (χ2v) is 44.2. The van der Waals surface area contributed by atoms with Crippen LogP contribution in [0, 0.1) is 71.0 Å². The van der Waals surface area contributed by atoms with Gasteiger partial charge >= 0.3 is 0 Å². The Balaban J connectivity index is 0.000000140. The number of nitrogens with zero attached hydrogens (tertiary/aromatic N) is 6. The van der Waals surface area contributed by atoms with E-state index in [9.17, 15) is 30.6 Å². The minimum absolute atomic E-state index is 0.210. The third kappa shape index (κ3) is 25.4. The average Bonchev–Trinajstić information content (AvgIpc) is 0.790. The van der Waals surface area contributed by atoms with Crippen molar-refractivity contribution in [2.75, 3.05) is 164 Å². The molecule has 0 aromatic heterocycles. The molecule has 138 heavy (non-hydrogen) atoms. The maximum atomic E-state index is 10.6. The van der Waals surface area contributed by atoms with Crippen molar-refractivity contribution in [2.45, 2.75) is 272 Å². The van der Waals surface area contributed by atoms with E-state index >= 15 is 0 Å². The second kappa shape index (κ2) is 49.1. The van der Waals surface area contributed by atoms with Crippen molar-refractivity contribution in [1.29, 1.82) is 0 Å². The summed E-state index contributed by atoms with van der Waals surface area (Å²) in [7, 11) is 20.2. The first kappa shape index (κ1) is 108. The number of piperidine rings is 6. The lowest BCUT2D eigenvalue weighted by Crippen LogP contribution is -2.48. The van der Waals surface area contributed by atoms with Crippen LogP contribution in [0.5, 0.6) is 69.0 Å². The minimum Gasteiger partial charge on any atom is -0.493 e. The van der Waals surface area contributed by atoms with Crippen LogP contribution in [0.25, 0.3) is 0 Å². The van der Waals surface area contributed by atoms with Gasteiger partial charge in [-0.1, -0.05) is 83.1 Å². The van der Waals surface area contributed by atoms with Crippen molar-refractivity contribution in [3.05, 3.63) is 140 Å². The predicted molar refractivity (Wildman–Crippen MR) is 547 cm³/mol. The molecule has 12 aliphatic rings. The van der Waals surface area contributed by atoms with Gasteiger partial charge < -0.3 is 87.5 Å². The first-order valence-electron chi connectivity index (χ1n) is 52.2. The Morgan fingerprint density at radius 1 is 0.203 bits per heavy atom. The Bertz CT molecular complexity index is 4120. The summed E-state index contributed by atoms with van der Waals surface area (Å²) in [6.45, 7) is 39.2. The molecule has 6 fully saturated rings. The Morgan fingerprint density at radius 3 is 0.428 bits per heavy atom. The summed E-state index contributed by atoms with van der Waals surface area (Å²) in [5.74, 6) is 15.7. The Morgan fingerprint density at radius 2 is 0.319 bits per heavy atom. The lowest BCUT2D eigenvalue weighted by Gasteiger charge is -2.46. The van der Waals surface area contributed by atoms with Gasteiger partial charge in [-0.15, -0.1) is 0 Å². The lowest BCUT2D eigenvalue weighted by molar-refractivity contribution is -0.0192. The van der Waals surface area contributed by atoms with Crippen LogP contribution < -0.4 is 56.8 Å². The normalized spacial score (nSPS) is 27.5. The van der Waals surface area contributed by atoms with Crippen molar-refractivity contribution in [1.82, 2.24) is 29.4 Å². The third-order valence-electron chi connectivity index (χ3n) is 32.2. The number of rotatable bonds is 24. The highest BCUT2D eigenvalue weighted by Crippen LogP contribution is 2.52. The van der Waals surface area contributed by atoms with Gasteiger partial charge in [-0.2, -0.15) is 0 Å². The molecule has 0 amide bonds. The molecule has 0 spiro atoms. The quantitative estimate of drug-likeness (QED) is 0.0329. The number of methoxy groups -OCH3 is 12. The molecule has 18 rings (SSSR count). The Kier molecular flexibility index (Phi) is 38.4. The topological polar surface area (TPSA) is 252 Å². The molecule has 0 aliphatic carbocycles. The maximum absolute atomic E-state index is 10.6. The summed E-state index contributed by atoms with van der Waals surface area (Å²) in [5.41, 5.74) is 15.8. The highest BCUT2D eigenvalue weighted by atomic mass is 16.5. The fourth-order valence-electron chi connectivity index (χ4n) is 25.5. The zero-order chi connectivity index (χ0) is 99.4. The molecule has 24 nitrogen and oxygen atoms in total. The molecule has 18 atom stereocenters. The van der Waals surface area contributed by atoms with Crippen LogP contribution in [0.4, 0.5) is 0 Å². The van der Waals surface area contributed by atoms with E-state index in [0.717, 1.165) is 263 Å². The number of ether oxygens (including phenoxy) is 12. The van der Waals surface area contributed by atoms with E-state index in [-0.39, 0.29) is 36.6 Å². The summed E-state index contributed by atoms with van der Waals surface area (Å²) in [4.78, 5) is 15.3. The lowest BCUT2D eigenvalue weighted by atomic mass is 9.79. The van der Waals surface area contributed by atoms with E-state index in [0.29, 0.717) is 107 Å². The molecule has 24 heteroatoms. The maximum Gasteiger partial charge on any atom is 0.161 e. The van der Waals surface area contributed by atoms with Gasteiger partial charge in [-0.05, 0) is 326 Å². The van der Waals surface area contributed by atoms with Gasteiger partial charge in [0.05, 0.1) is 122 Å². The van der Waals surface area contributed by atoms with Crippen LogP contribution >= 0.6 is 0 Å². The highest BCUT2D eigenvalue weighted by Gasteiger charge is 2.47. The number of benzene rings is 6. The fraction of sp³-hybridized carbons (Fsp3) is 0.684. The SMILES string of the molecule is COc1cc2c(cc1OC)[C@@H]1C[C@@H](O)[C@@H](CC(C)C)CN1CC2.COc1cc2c(cc1OC)[C@@H]1C[C@@H](O)[C@H](CC(C)C)CN1CC2.COc1cc2c(cc1OC)[C@@H]1C[C@H](O)[C@@H](CC(C)C)CN1CC2.COc1cc2c(cc1OC)[C@H]1C[C@@H](O)[C@H](CC(C)C)CN1CC2.COc1cc2c(cc1OC)[C@H]1C[C@H](O)[C@@H](CC(C)C)CN1CC2.COc1cc2c(cc1OC)[C@H]1C[C@H](O)[C@H](CC(C)C)CN1CC2. The van der Waals surface area contributed by atoms with E-state index in [4.69, 9.17) is 56.8 Å². The van der Waals surface area contributed by atoms with Gasteiger partial charge in [0.15, 0.2) is 69.0 Å². The van der Waals surface area contributed by atoms with Crippen LogP contribution in [-0.2, 0) is 38.5 Å². The molecule has 12 heterocycles. The summed E-state index contributed by atoms with van der Waals surface area (Å²) >= 11 is 0. The van der Waals surface area contributed by atoms with E-state index in [1.54, 1.807) is 85.3 Å². The van der Waals surface area contributed by atoms with Crippen molar-refractivity contribution < 1.29 is 87.5 Å². The van der Waals surface area contributed by atoms with E-state index in [1.165, 1.54) is 66.8 Å². The summed E-state index contributed by atoms with van der Waals surface area (Å²) in [6, 6.07) is 27.1. The predicted octanol–water partition coefficient (Wildman–Crippen LogP) is 18.2. The Labute approximate surface area is 827 Å². The van der Waals surface area contributed by atoms with Crippen molar-refractivity contribution in [3.63, 3.8) is 0 Å². The number of aliphatic hydroxyl groups is 6. The molecular formula is C114H174N6O18. The molecule has 6 N–H and O–H groups in total. The number of hydrogen-bond donors (Lipinski definition) is 6. The van der Waals surface area contributed by atoms with Crippen molar-refractivity contribution in [2.24, 2.45) is 71.0 Å². The molecule has 0 saturated carbocycles. The molecular weight excluding hydrogens is 1740 g/mol. The summed E-state index contributed by atoms with van der Waals surface area (Å²) < 4.78 is 65.5. The summed E-state index contributed by atoms with van der Waals surface area (Å²) in [5, 5.41) is 63.8. The largest absolute Gasteiger partial charge is 0.493 e. The molecule has 6 aromatic rings. The van der Waals surface area contributed by atoms with Crippen LogP contribution in [0.15, 0.2) is 72.8 Å². The van der Waals surface area contributed by atoms with Gasteiger partial charge in [-0.3, -0.25) is 29.4 Å². The minimum atomic E-state index is -0.210. The Hall–Kier alpha value is -7.56. The number of fused-ring (bicyclic) bond motifs is 18. The van der Waals surface area contributed by atoms with Gasteiger partial charge in [0.2, 0.25) is 0 Å². The average molecular weight is 1920 g/mol. The molecule has 6 aromatic carbocycles. The standard InChI is InChI=1S/6C19H29NO3/c6*1-12(2)7-14-11-20-6-5-13-8-18(22-3)19(23-4)9-15(13)16(20)10-17(14)21/h6*8-9,12,14,16-17,21H,5-7,10-11H2,1-4H3/t2*14-,16+,17-;2*14-,16-,17+;2*14-,16-,17-/m101010/s1. The van der Waals surface area contributed by atoms with Crippen LogP contribution in [0.2, 0.25) is 0 Å². The van der Waals surface area contributed by atoms with Gasteiger partial charge in [-0.25, -0.2) is 0 Å². The van der Waals surface area contributed by atoms with E-state index < -0.39 is 0 Å². The molecule has 6 saturated heterocycles. The zero-order valence-corrected chi connectivity index (χ0v) is 88.3. The number of aliphatic hydroxyl groups excluding tert-OH is 6. The van der Waals surface area contributed by atoms with E-state index in [2.05, 4.69) is 185 Å². The van der Waals surface area contributed by atoms with Crippen LogP contribution in [0.3, 0.4) is 0 Å². The molecule has 12 aliphatic heterocycles. The molecule has 0 bridgehead atoms. The van der Waals surface area contributed by atoms with Crippen molar-refractivity contribution >= 4 is 0 Å². The molecule has 0 unspecified atom stereocenters. The van der Waals surface area contributed by atoms with E-state index in [1.807, 2.05) is 0 Å². The summed E-state index contributed by atoms with van der Waals surface area (Å²) in [6.07, 6.45) is 16.5. The molecule has 768 valence electrons. The monoisotopic (exact) mass is 1920 g/mol. The van der Waals surface area contributed by atoms with Gasteiger partial charge in [0, 0.05) is 115 Å². The van der Waals surface area contributed by atoms with Gasteiger partial charge in [0.25, 0.3) is 0 Å². The highest BCUT2D eigenvalue weighted by molar-refractivity contribution is 5.55. The molecule has 0 radical (unpaired) electrons. The first-order chi connectivity index (χ1) is 66.2.